The summed E-state index contributed by atoms with van der Waals surface area (Å²) in [7, 11) is -3.07. The summed E-state index contributed by atoms with van der Waals surface area (Å²) in [4.78, 5) is 0. The molecule has 1 aliphatic heterocycles. The summed E-state index contributed by atoms with van der Waals surface area (Å²) < 4.78 is 24.2. The lowest BCUT2D eigenvalue weighted by atomic mass is 10.3. The zero-order chi connectivity index (χ0) is 9.19. The summed E-state index contributed by atoms with van der Waals surface area (Å²) in [5.41, 5.74) is 0. The van der Waals surface area contributed by atoms with Crippen molar-refractivity contribution in [3.63, 3.8) is 0 Å². The summed E-state index contributed by atoms with van der Waals surface area (Å²) in [5, 5.41) is 9.13. The Hall–Kier alpha value is -0.130. The lowest BCUT2D eigenvalue weighted by Crippen LogP contribution is -2.31. The van der Waals surface area contributed by atoms with Crippen LogP contribution in [-0.2, 0) is 10.0 Å². The molecule has 1 N–H and O–H groups in total. The summed E-state index contributed by atoms with van der Waals surface area (Å²) in [6.45, 7) is 2.59. The van der Waals surface area contributed by atoms with E-state index in [1.807, 2.05) is 6.92 Å². The van der Waals surface area contributed by atoms with Gasteiger partial charge >= 0.3 is 0 Å². The normalized spacial score (nSPS) is 26.3. The van der Waals surface area contributed by atoms with Crippen LogP contribution < -0.4 is 0 Å². The van der Waals surface area contributed by atoms with Crippen molar-refractivity contribution in [2.75, 3.05) is 18.8 Å². The van der Waals surface area contributed by atoms with Gasteiger partial charge in [-0.05, 0) is 12.8 Å². The maximum absolute atomic E-state index is 11.4. The Morgan fingerprint density at radius 1 is 1.58 bits per heavy atom. The van der Waals surface area contributed by atoms with Gasteiger partial charge in [-0.25, -0.2) is 8.42 Å². The topological polar surface area (TPSA) is 57.6 Å². The van der Waals surface area contributed by atoms with Crippen molar-refractivity contribution in [1.29, 1.82) is 0 Å². The van der Waals surface area contributed by atoms with E-state index < -0.39 is 16.1 Å². The van der Waals surface area contributed by atoms with Crippen LogP contribution in [0.1, 0.15) is 19.8 Å². The molecule has 0 unspecified atom stereocenters. The maximum atomic E-state index is 11.4. The average Bonchev–Trinajstić information content (AvgIpc) is 2.36. The second kappa shape index (κ2) is 3.72. The van der Waals surface area contributed by atoms with E-state index in [0.29, 0.717) is 19.4 Å². The first-order valence-electron chi connectivity index (χ1n) is 4.22. The number of β-amino-alcohol motifs (C(OH)–C–C–N with tert-alkyl or cyclic N) is 1. The molecule has 5 heteroatoms. The largest absolute Gasteiger partial charge is 0.392 e. The Balaban J connectivity index is 2.58. The summed E-state index contributed by atoms with van der Waals surface area (Å²) in [5.74, 6) is 0.194. The Kier molecular flexibility index (Phi) is 3.09. The predicted octanol–water partition coefficient (Wildman–Crippen LogP) is -0.207. The van der Waals surface area contributed by atoms with Crippen LogP contribution in [0.15, 0.2) is 0 Å². The van der Waals surface area contributed by atoms with E-state index in [0.717, 1.165) is 0 Å². The first kappa shape index (κ1) is 9.95. The van der Waals surface area contributed by atoms with Crippen LogP contribution >= 0.6 is 0 Å². The minimum Gasteiger partial charge on any atom is -0.392 e. The molecule has 0 radical (unpaired) electrons. The molecule has 0 amide bonds. The van der Waals surface area contributed by atoms with Crippen molar-refractivity contribution in [3.8, 4) is 0 Å². The SMILES string of the molecule is CCCS(=O)(=O)N1CC[C@H](O)C1. The molecule has 1 saturated heterocycles. The van der Waals surface area contributed by atoms with Crippen molar-refractivity contribution >= 4 is 10.0 Å². The molecule has 1 heterocycles. The molecule has 0 aliphatic carbocycles. The Labute approximate surface area is 73.2 Å². The fourth-order valence-electron chi connectivity index (χ4n) is 1.35. The third-order valence-corrected chi connectivity index (χ3v) is 4.02. The lowest BCUT2D eigenvalue weighted by Gasteiger charge is -2.14. The lowest BCUT2D eigenvalue weighted by molar-refractivity contribution is 0.189. The van der Waals surface area contributed by atoms with Gasteiger partial charge in [0.25, 0.3) is 0 Å². The molecule has 1 aliphatic rings. The molecule has 0 saturated carbocycles. The molecule has 0 aromatic rings. The molecule has 0 aromatic carbocycles. The number of sulfonamides is 1. The minimum absolute atomic E-state index is 0.194. The van der Waals surface area contributed by atoms with Crippen LogP contribution in [0.2, 0.25) is 0 Å². The van der Waals surface area contributed by atoms with Gasteiger partial charge in [-0.15, -0.1) is 0 Å². The van der Waals surface area contributed by atoms with Gasteiger partial charge < -0.3 is 5.11 Å². The Bertz CT molecular complexity index is 237. The van der Waals surface area contributed by atoms with Crippen LogP contribution in [0, 0.1) is 0 Å². The molecular weight excluding hydrogens is 178 g/mol. The van der Waals surface area contributed by atoms with Crippen LogP contribution in [0.3, 0.4) is 0 Å². The van der Waals surface area contributed by atoms with Gasteiger partial charge in [0, 0.05) is 13.1 Å². The fourth-order valence-corrected chi connectivity index (χ4v) is 2.91. The third-order valence-electron chi connectivity index (χ3n) is 1.98. The second-order valence-corrected chi connectivity index (χ2v) is 5.20. The first-order chi connectivity index (χ1) is 5.56. The van der Waals surface area contributed by atoms with Gasteiger partial charge in [-0.1, -0.05) is 6.92 Å². The molecule has 4 nitrogen and oxygen atoms in total. The maximum Gasteiger partial charge on any atom is 0.214 e. The van der Waals surface area contributed by atoms with Gasteiger partial charge in [0.05, 0.1) is 11.9 Å². The zero-order valence-corrected chi connectivity index (χ0v) is 8.05. The van der Waals surface area contributed by atoms with Crippen molar-refractivity contribution in [1.82, 2.24) is 4.31 Å². The van der Waals surface area contributed by atoms with Gasteiger partial charge in [0.2, 0.25) is 10.0 Å². The summed E-state index contributed by atoms with van der Waals surface area (Å²) >= 11 is 0. The minimum atomic E-state index is -3.07. The molecule has 0 spiro atoms. The van der Waals surface area contributed by atoms with Gasteiger partial charge in [-0.3, -0.25) is 0 Å². The molecule has 12 heavy (non-hydrogen) atoms. The highest BCUT2D eigenvalue weighted by Gasteiger charge is 2.29. The number of hydrogen-bond acceptors (Lipinski definition) is 3. The smallest absolute Gasteiger partial charge is 0.214 e. The van der Waals surface area contributed by atoms with Crippen molar-refractivity contribution < 1.29 is 13.5 Å². The number of nitrogens with zero attached hydrogens (tertiary/aromatic N) is 1. The highest BCUT2D eigenvalue weighted by molar-refractivity contribution is 7.89. The summed E-state index contributed by atoms with van der Waals surface area (Å²) in [6, 6.07) is 0. The van der Waals surface area contributed by atoms with Crippen LogP contribution in [0.25, 0.3) is 0 Å². The highest BCUT2D eigenvalue weighted by Crippen LogP contribution is 2.14. The molecule has 0 aromatic heterocycles. The quantitative estimate of drug-likeness (QED) is 0.675. The average molecular weight is 193 g/mol. The van der Waals surface area contributed by atoms with E-state index in [2.05, 4.69) is 0 Å². The molecule has 1 atom stereocenters. The van der Waals surface area contributed by atoms with E-state index in [-0.39, 0.29) is 12.3 Å². The van der Waals surface area contributed by atoms with Gasteiger partial charge in [0.15, 0.2) is 0 Å². The summed E-state index contributed by atoms with van der Waals surface area (Å²) in [6.07, 6.45) is 0.745. The monoisotopic (exact) mass is 193 g/mol. The fraction of sp³-hybridized carbons (Fsp3) is 1.00. The molecular formula is C7H15NO3S. The van der Waals surface area contributed by atoms with Gasteiger partial charge in [-0.2, -0.15) is 4.31 Å². The molecule has 1 fully saturated rings. The number of aliphatic hydroxyl groups excluding tert-OH is 1. The van der Waals surface area contributed by atoms with E-state index in [1.54, 1.807) is 0 Å². The van der Waals surface area contributed by atoms with Crippen molar-refractivity contribution in [2.45, 2.75) is 25.9 Å². The van der Waals surface area contributed by atoms with E-state index in [1.165, 1.54) is 4.31 Å². The van der Waals surface area contributed by atoms with E-state index >= 15 is 0 Å². The Morgan fingerprint density at radius 3 is 2.67 bits per heavy atom. The standard InChI is InChI=1S/C7H15NO3S/c1-2-5-12(10,11)8-4-3-7(9)6-8/h7,9H,2-6H2,1H3/t7-/m0/s1. The van der Waals surface area contributed by atoms with Crippen LogP contribution in [-0.4, -0.2) is 42.8 Å². The first-order valence-corrected chi connectivity index (χ1v) is 5.83. The third kappa shape index (κ3) is 2.18. The molecule has 1 rings (SSSR count). The highest BCUT2D eigenvalue weighted by atomic mass is 32.2. The van der Waals surface area contributed by atoms with Crippen molar-refractivity contribution in [3.05, 3.63) is 0 Å². The Morgan fingerprint density at radius 2 is 2.25 bits per heavy atom. The van der Waals surface area contributed by atoms with Crippen LogP contribution in [0.4, 0.5) is 0 Å². The number of rotatable bonds is 3. The van der Waals surface area contributed by atoms with Gasteiger partial charge in [0.1, 0.15) is 0 Å². The van der Waals surface area contributed by atoms with Crippen molar-refractivity contribution in [2.24, 2.45) is 0 Å². The molecule has 0 bridgehead atoms. The second-order valence-electron chi connectivity index (χ2n) is 3.12. The van der Waals surface area contributed by atoms with E-state index in [9.17, 15) is 8.42 Å². The zero-order valence-electron chi connectivity index (χ0n) is 7.23. The number of aliphatic hydroxyl groups is 1. The van der Waals surface area contributed by atoms with E-state index in [4.69, 9.17) is 5.11 Å². The predicted molar refractivity (Wildman–Crippen MR) is 46.3 cm³/mol. The molecule has 72 valence electrons. The number of hydrogen-bond donors (Lipinski definition) is 1. The van der Waals surface area contributed by atoms with Crippen LogP contribution in [0.5, 0.6) is 0 Å².